The Balaban J connectivity index is 2.05. The SMILES string of the molecule is CC(C)(C)C(NC(=O)C1Cc2ccccc2O1)C(=O)O. The number of para-hydroxylation sites is 1. The molecule has 20 heavy (non-hydrogen) atoms. The van der Waals surface area contributed by atoms with Crippen LogP contribution in [0.5, 0.6) is 5.75 Å². The number of carbonyl (C=O) groups is 2. The lowest BCUT2D eigenvalue weighted by Crippen LogP contribution is -2.52. The van der Waals surface area contributed by atoms with Crippen molar-refractivity contribution in [2.75, 3.05) is 0 Å². The number of carboxylic acids is 1. The molecule has 0 aliphatic carbocycles. The van der Waals surface area contributed by atoms with Gasteiger partial charge in [0, 0.05) is 6.42 Å². The molecule has 108 valence electrons. The molecule has 1 aliphatic rings. The van der Waals surface area contributed by atoms with Gasteiger partial charge in [0.2, 0.25) is 0 Å². The lowest BCUT2D eigenvalue weighted by atomic mass is 9.86. The fraction of sp³-hybridized carbons (Fsp3) is 0.467. The van der Waals surface area contributed by atoms with Crippen molar-refractivity contribution in [1.29, 1.82) is 0 Å². The third-order valence-corrected chi connectivity index (χ3v) is 3.34. The molecular formula is C15H19NO4. The van der Waals surface area contributed by atoms with Gasteiger partial charge in [-0.3, -0.25) is 4.79 Å². The number of aliphatic carboxylic acids is 1. The summed E-state index contributed by atoms with van der Waals surface area (Å²) < 4.78 is 5.56. The van der Waals surface area contributed by atoms with Crippen molar-refractivity contribution >= 4 is 11.9 Å². The largest absolute Gasteiger partial charge is 0.480 e. The van der Waals surface area contributed by atoms with E-state index in [-0.39, 0.29) is 5.91 Å². The van der Waals surface area contributed by atoms with Crippen LogP contribution >= 0.6 is 0 Å². The Kier molecular flexibility index (Phi) is 3.70. The molecule has 2 unspecified atom stereocenters. The van der Waals surface area contributed by atoms with E-state index in [1.54, 1.807) is 26.8 Å². The average Bonchev–Trinajstić information content (AvgIpc) is 2.77. The third-order valence-electron chi connectivity index (χ3n) is 3.34. The lowest BCUT2D eigenvalue weighted by Gasteiger charge is -2.28. The van der Waals surface area contributed by atoms with Gasteiger partial charge in [-0.2, -0.15) is 0 Å². The van der Waals surface area contributed by atoms with Gasteiger partial charge in [0.15, 0.2) is 6.10 Å². The normalized spacial score (nSPS) is 18.9. The van der Waals surface area contributed by atoms with Crippen LogP contribution in [0.4, 0.5) is 0 Å². The zero-order chi connectivity index (χ0) is 14.9. The Morgan fingerprint density at radius 2 is 2.00 bits per heavy atom. The fourth-order valence-electron chi connectivity index (χ4n) is 2.21. The first-order valence-electron chi connectivity index (χ1n) is 6.57. The second-order valence-corrected chi connectivity index (χ2v) is 6.06. The van der Waals surface area contributed by atoms with Gasteiger partial charge in [0.25, 0.3) is 5.91 Å². The molecule has 5 nitrogen and oxygen atoms in total. The van der Waals surface area contributed by atoms with E-state index in [9.17, 15) is 14.7 Å². The summed E-state index contributed by atoms with van der Waals surface area (Å²) in [5.74, 6) is -0.736. The summed E-state index contributed by atoms with van der Waals surface area (Å²) in [6.07, 6.45) is -0.185. The predicted molar refractivity (Wildman–Crippen MR) is 73.6 cm³/mol. The molecule has 5 heteroatoms. The molecule has 0 aromatic heterocycles. The highest BCUT2D eigenvalue weighted by Gasteiger charge is 2.36. The van der Waals surface area contributed by atoms with Crippen LogP contribution in [0.15, 0.2) is 24.3 Å². The van der Waals surface area contributed by atoms with Crippen LogP contribution in [-0.4, -0.2) is 29.1 Å². The zero-order valence-corrected chi connectivity index (χ0v) is 11.8. The van der Waals surface area contributed by atoms with Gasteiger partial charge in [-0.25, -0.2) is 4.79 Å². The van der Waals surface area contributed by atoms with E-state index >= 15 is 0 Å². The molecule has 2 N–H and O–H groups in total. The summed E-state index contributed by atoms with van der Waals surface area (Å²) in [4.78, 5) is 23.4. The van der Waals surface area contributed by atoms with Crippen LogP contribution in [0.3, 0.4) is 0 Å². The molecule has 1 amide bonds. The second kappa shape index (κ2) is 5.15. The maximum atomic E-state index is 12.2. The van der Waals surface area contributed by atoms with Gasteiger partial charge in [0.1, 0.15) is 11.8 Å². The third kappa shape index (κ3) is 2.92. The summed E-state index contributed by atoms with van der Waals surface area (Å²) in [5, 5.41) is 11.8. The molecule has 0 saturated heterocycles. The van der Waals surface area contributed by atoms with Crippen molar-refractivity contribution in [3.05, 3.63) is 29.8 Å². The van der Waals surface area contributed by atoms with Crippen molar-refractivity contribution in [2.45, 2.75) is 39.3 Å². The second-order valence-electron chi connectivity index (χ2n) is 6.06. The standard InChI is InChI=1S/C15H19NO4/c1-15(2,3)12(14(18)19)16-13(17)11-8-9-6-4-5-7-10(9)20-11/h4-7,11-12H,8H2,1-3H3,(H,16,17)(H,18,19). The van der Waals surface area contributed by atoms with Crippen LogP contribution < -0.4 is 10.1 Å². The Hall–Kier alpha value is -2.04. The molecule has 0 bridgehead atoms. The van der Waals surface area contributed by atoms with Gasteiger partial charge < -0.3 is 15.2 Å². The van der Waals surface area contributed by atoms with Gasteiger partial charge in [-0.05, 0) is 17.0 Å². The fourth-order valence-corrected chi connectivity index (χ4v) is 2.21. The highest BCUT2D eigenvalue weighted by Crippen LogP contribution is 2.28. The molecule has 2 rings (SSSR count). The molecule has 0 spiro atoms. The number of nitrogens with one attached hydrogen (secondary N) is 1. The van der Waals surface area contributed by atoms with E-state index in [1.165, 1.54) is 0 Å². The van der Waals surface area contributed by atoms with Crippen LogP contribution in [0.2, 0.25) is 0 Å². The molecule has 1 aromatic rings. The number of ether oxygens (including phenoxy) is 1. The maximum Gasteiger partial charge on any atom is 0.326 e. The zero-order valence-electron chi connectivity index (χ0n) is 11.8. The van der Waals surface area contributed by atoms with E-state index in [2.05, 4.69) is 5.32 Å². The Morgan fingerprint density at radius 3 is 2.55 bits per heavy atom. The molecule has 1 aliphatic heterocycles. The summed E-state index contributed by atoms with van der Waals surface area (Å²) in [7, 11) is 0. The van der Waals surface area contributed by atoms with E-state index < -0.39 is 23.5 Å². The highest BCUT2D eigenvalue weighted by atomic mass is 16.5. The van der Waals surface area contributed by atoms with Crippen LogP contribution in [0.1, 0.15) is 26.3 Å². The van der Waals surface area contributed by atoms with Crippen LogP contribution in [-0.2, 0) is 16.0 Å². The van der Waals surface area contributed by atoms with Crippen molar-refractivity contribution in [3.8, 4) is 5.75 Å². The minimum absolute atomic E-state index is 0.386. The summed E-state index contributed by atoms with van der Waals surface area (Å²) in [6.45, 7) is 5.32. The van der Waals surface area contributed by atoms with Crippen molar-refractivity contribution in [2.24, 2.45) is 5.41 Å². The Morgan fingerprint density at radius 1 is 1.35 bits per heavy atom. The van der Waals surface area contributed by atoms with Gasteiger partial charge in [-0.15, -0.1) is 0 Å². The molecule has 2 atom stereocenters. The number of amides is 1. The summed E-state index contributed by atoms with van der Waals surface area (Å²) >= 11 is 0. The van der Waals surface area contributed by atoms with Gasteiger partial charge >= 0.3 is 5.97 Å². The number of hydrogen-bond donors (Lipinski definition) is 2. The van der Waals surface area contributed by atoms with E-state index in [0.29, 0.717) is 12.2 Å². The van der Waals surface area contributed by atoms with E-state index in [4.69, 9.17) is 4.74 Å². The molecular weight excluding hydrogens is 258 g/mol. The van der Waals surface area contributed by atoms with E-state index in [1.807, 2.05) is 18.2 Å². The highest BCUT2D eigenvalue weighted by molar-refractivity contribution is 5.87. The predicted octanol–water partition coefficient (Wildman–Crippen LogP) is 1.61. The topological polar surface area (TPSA) is 75.6 Å². The van der Waals surface area contributed by atoms with Crippen LogP contribution in [0.25, 0.3) is 0 Å². The Labute approximate surface area is 117 Å². The van der Waals surface area contributed by atoms with Crippen molar-refractivity contribution in [1.82, 2.24) is 5.32 Å². The minimum atomic E-state index is -1.04. The lowest BCUT2D eigenvalue weighted by molar-refractivity contribution is -0.146. The first kappa shape index (κ1) is 14.4. The van der Waals surface area contributed by atoms with Gasteiger partial charge in [0.05, 0.1) is 0 Å². The van der Waals surface area contributed by atoms with Crippen molar-refractivity contribution < 1.29 is 19.4 Å². The quantitative estimate of drug-likeness (QED) is 0.880. The molecule has 1 aromatic carbocycles. The number of rotatable bonds is 3. The number of benzene rings is 1. The average molecular weight is 277 g/mol. The van der Waals surface area contributed by atoms with Crippen LogP contribution in [0, 0.1) is 5.41 Å². The first-order chi connectivity index (χ1) is 9.29. The maximum absolute atomic E-state index is 12.2. The number of carbonyl (C=O) groups excluding carboxylic acids is 1. The molecule has 0 saturated carbocycles. The molecule has 0 radical (unpaired) electrons. The summed E-state index contributed by atoms with van der Waals surface area (Å²) in [5.41, 5.74) is 0.405. The number of fused-ring (bicyclic) bond motifs is 1. The summed E-state index contributed by atoms with van der Waals surface area (Å²) in [6, 6.07) is 6.50. The smallest absolute Gasteiger partial charge is 0.326 e. The number of carboxylic acid groups (broad SMARTS) is 1. The number of hydrogen-bond acceptors (Lipinski definition) is 3. The minimum Gasteiger partial charge on any atom is -0.480 e. The molecule has 0 fully saturated rings. The van der Waals surface area contributed by atoms with Gasteiger partial charge in [-0.1, -0.05) is 39.0 Å². The van der Waals surface area contributed by atoms with Crippen molar-refractivity contribution in [3.63, 3.8) is 0 Å². The van der Waals surface area contributed by atoms with E-state index in [0.717, 1.165) is 5.56 Å². The Bertz CT molecular complexity index is 508. The monoisotopic (exact) mass is 277 g/mol. The first-order valence-corrected chi connectivity index (χ1v) is 6.57. The molecule has 1 heterocycles.